The highest BCUT2D eigenvalue weighted by Crippen LogP contribution is 2.22. The normalized spacial score (nSPS) is 11.2. The minimum Gasteiger partial charge on any atom is -0.493 e. The molecule has 3 nitrogen and oxygen atoms in total. The first-order chi connectivity index (χ1) is 6.06. The molecule has 0 radical (unpaired) electrons. The molecule has 3 heteroatoms. The van der Waals surface area contributed by atoms with Gasteiger partial charge in [0, 0.05) is 12.6 Å². The molecule has 0 bridgehead atoms. The van der Waals surface area contributed by atoms with E-state index in [-0.39, 0.29) is 0 Å². The lowest BCUT2D eigenvalue weighted by Crippen LogP contribution is -1.98. The van der Waals surface area contributed by atoms with Crippen molar-refractivity contribution in [3.05, 3.63) is 11.3 Å². The Morgan fingerprint density at radius 1 is 1.46 bits per heavy atom. The first-order valence-corrected chi connectivity index (χ1v) is 4.80. The summed E-state index contributed by atoms with van der Waals surface area (Å²) in [4.78, 5) is 0. The van der Waals surface area contributed by atoms with Gasteiger partial charge < -0.3 is 5.11 Å². The molecule has 0 saturated heterocycles. The summed E-state index contributed by atoms with van der Waals surface area (Å²) < 4.78 is 1.55. The molecule has 13 heavy (non-hydrogen) atoms. The van der Waals surface area contributed by atoms with E-state index in [1.54, 1.807) is 11.7 Å². The molecule has 1 rings (SSSR count). The minimum atomic E-state index is 0.318. The second-order valence-electron chi connectivity index (χ2n) is 3.82. The second-order valence-corrected chi connectivity index (χ2v) is 3.82. The van der Waals surface area contributed by atoms with Crippen LogP contribution in [0.4, 0.5) is 0 Å². The molecule has 0 amide bonds. The molecular formula is C10H18N2O. The summed E-state index contributed by atoms with van der Waals surface area (Å²) >= 11 is 0. The van der Waals surface area contributed by atoms with Crippen LogP contribution in [0.1, 0.15) is 32.0 Å². The largest absolute Gasteiger partial charge is 0.493 e. The van der Waals surface area contributed by atoms with Gasteiger partial charge in [0.2, 0.25) is 5.88 Å². The van der Waals surface area contributed by atoms with Gasteiger partial charge in [-0.05, 0) is 18.8 Å². The molecule has 0 aliphatic rings. The lowest BCUT2D eigenvalue weighted by atomic mass is 10.0. The fourth-order valence-corrected chi connectivity index (χ4v) is 1.53. The van der Waals surface area contributed by atoms with Crippen LogP contribution in [-0.4, -0.2) is 14.9 Å². The zero-order valence-electron chi connectivity index (χ0n) is 8.83. The highest BCUT2D eigenvalue weighted by atomic mass is 16.3. The van der Waals surface area contributed by atoms with Crippen molar-refractivity contribution in [3.63, 3.8) is 0 Å². The third kappa shape index (κ3) is 2.02. The van der Waals surface area contributed by atoms with E-state index in [1.165, 1.54) is 0 Å². The molecule has 0 atom stereocenters. The first-order valence-electron chi connectivity index (χ1n) is 4.80. The van der Waals surface area contributed by atoms with Crippen LogP contribution >= 0.6 is 0 Å². The number of hydrogen-bond acceptors (Lipinski definition) is 2. The van der Waals surface area contributed by atoms with Crippen LogP contribution in [0, 0.1) is 5.92 Å². The summed E-state index contributed by atoms with van der Waals surface area (Å²) in [7, 11) is 1.78. The second kappa shape index (κ2) is 3.81. The fraction of sp³-hybridized carbons (Fsp3) is 0.700. The van der Waals surface area contributed by atoms with Crippen molar-refractivity contribution in [1.82, 2.24) is 9.78 Å². The van der Waals surface area contributed by atoms with Gasteiger partial charge in [0.1, 0.15) is 0 Å². The minimum absolute atomic E-state index is 0.318. The van der Waals surface area contributed by atoms with Crippen molar-refractivity contribution >= 4 is 0 Å². The summed E-state index contributed by atoms with van der Waals surface area (Å²) in [5, 5.41) is 13.9. The van der Waals surface area contributed by atoms with E-state index < -0.39 is 0 Å². The van der Waals surface area contributed by atoms with Crippen LogP contribution in [0.2, 0.25) is 0 Å². The first kappa shape index (κ1) is 10.1. The lowest BCUT2D eigenvalue weighted by Gasteiger charge is -2.02. The number of rotatable bonds is 3. The average Bonchev–Trinajstić information content (AvgIpc) is 2.27. The molecular weight excluding hydrogens is 164 g/mol. The van der Waals surface area contributed by atoms with E-state index >= 15 is 0 Å². The van der Waals surface area contributed by atoms with Crippen molar-refractivity contribution in [2.24, 2.45) is 13.0 Å². The SMILES string of the molecule is CCc1c(CC(C)C)nn(C)c1O. The van der Waals surface area contributed by atoms with Crippen molar-refractivity contribution < 1.29 is 5.11 Å². The fourth-order valence-electron chi connectivity index (χ4n) is 1.53. The molecule has 0 saturated carbocycles. The summed E-state index contributed by atoms with van der Waals surface area (Å²) in [5.41, 5.74) is 2.04. The van der Waals surface area contributed by atoms with Crippen molar-refractivity contribution in [1.29, 1.82) is 0 Å². The van der Waals surface area contributed by atoms with Crippen molar-refractivity contribution in [2.45, 2.75) is 33.6 Å². The van der Waals surface area contributed by atoms with E-state index in [4.69, 9.17) is 0 Å². The van der Waals surface area contributed by atoms with Crippen molar-refractivity contribution in [3.8, 4) is 5.88 Å². The number of nitrogens with zero attached hydrogens (tertiary/aromatic N) is 2. The highest BCUT2D eigenvalue weighted by Gasteiger charge is 2.13. The maximum atomic E-state index is 9.63. The van der Waals surface area contributed by atoms with E-state index in [9.17, 15) is 5.11 Å². The van der Waals surface area contributed by atoms with E-state index in [2.05, 4.69) is 18.9 Å². The third-order valence-corrected chi connectivity index (χ3v) is 2.15. The van der Waals surface area contributed by atoms with Gasteiger partial charge >= 0.3 is 0 Å². The predicted octanol–water partition coefficient (Wildman–Crippen LogP) is 1.89. The summed E-state index contributed by atoms with van der Waals surface area (Å²) in [6.45, 7) is 6.36. The molecule has 1 N–H and O–H groups in total. The number of aromatic hydroxyl groups is 1. The van der Waals surface area contributed by atoms with E-state index in [1.807, 2.05) is 6.92 Å². The van der Waals surface area contributed by atoms with Gasteiger partial charge in [-0.15, -0.1) is 0 Å². The maximum absolute atomic E-state index is 9.63. The zero-order valence-corrected chi connectivity index (χ0v) is 8.83. The maximum Gasteiger partial charge on any atom is 0.212 e. The van der Waals surface area contributed by atoms with Crippen LogP contribution in [0.3, 0.4) is 0 Å². The van der Waals surface area contributed by atoms with Gasteiger partial charge in [0.05, 0.1) is 5.69 Å². The topological polar surface area (TPSA) is 38.0 Å². The molecule has 0 fully saturated rings. The Morgan fingerprint density at radius 2 is 2.08 bits per heavy atom. The quantitative estimate of drug-likeness (QED) is 0.775. The lowest BCUT2D eigenvalue weighted by molar-refractivity contribution is 0.414. The van der Waals surface area contributed by atoms with Gasteiger partial charge in [-0.3, -0.25) is 0 Å². The van der Waals surface area contributed by atoms with Gasteiger partial charge in [-0.2, -0.15) is 5.10 Å². The van der Waals surface area contributed by atoms with E-state index in [0.717, 1.165) is 24.1 Å². The Labute approximate surface area is 79.4 Å². The van der Waals surface area contributed by atoms with Crippen LogP contribution in [0.25, 0.3) is 0 Å². The third-order valence-electron chi connectivity index (χ3n) is 2.15. The molecule has 0 unspecified atom stereocenters. The van der Waals surface area contributed by atoms with Crippen LogP contribution in [0.5, 0.6) is 5.88 Å². The van der Waals surface area contributed by atoms with Crippen LogP contribution < -0.4 is 0 Å². The van der Waals surface area contributed by atoms with Crippen molar-refractivity contribution in [2.75, 3.05) is 0 Å². The molecule has 0 aliphatic carbocycles. The Bertz CT molecular complexity index is 289. The Balaban J connectivity index is 2.99. The van der Waals surface area contributed by atoms with Gasteiger partial charge in [0.15, 0.2) is 0 Å². The highest BCUT2D eigenvalue weighted by molar-refractivity contribution is 5.30. The number of hydrogen-bond donors (Lipinski definition) is 1. The molecule has 0 aliphatic heterocycles. The predicted molar refractivity (Wildman–Crippen MR) is 52.8 cm³/mol. The average molecular weight is 182 g/mol. The molecule has 74 valence electrons. The van der Waals surface area contributed by atoms with Gasteiger partial charge in [-0.1, -0.05) is 20.8 Å². The van der Waals surface area contributed by atoms with Gasteiger partial charge in [-0.25, -0.2) is 4.68 Å². The summed E-state index contributed by atoms with van der Waals surface area (Å²) in [6.07, 6.45) is 1.79. The van der Waals surface area contributed by atoms with Gasteiger partial charge in [0.25, 0.3) is 0 Å². The monoisotopic (exact) mass is 182 g/mol. The van der Waals surface area contributed by atoms with E-state index in [0.29, 0.717) is 11.8 Å². The summed E-state index contributed by atoms with van der Waals surface area (Å²) in [5.74, 6) is 0.901. The Kier molecular flexibility index (Phi) is 2.96. The Hall–Kier alpha value is -0.990. The smallest absolute Gasteiger partial charge is 0.212 e. The molecule has 1 aromatic rings. The number of aryl methyl sites for hydroxylation is 1. The number of aromatic nitrogens is 2. The Morgan fingerprint density at radius 3 is 2.54 bits per heavy atom. The zero-order chi connectivity index (χ0) is 10.0. The standard InChI is InChI=1S/C10H18N2O/c1-5-8-9(6-7(2)3)11-12(4)10(8)13/h7,13H,5-6H2,1-4H3. The molecule has 1 aromatic heterocycles. The summed E-state index contributed by atoms with van der Waals surface area (Å²) in [6, 6.07) is 0. The molecule has 0 aromatic carbocycles. The molecule has 0 spiro atoms. The van der Waals surface area contributed by atoms with Crippen LogP contribution in [-0.2, 0) is 19.9 Å². The van der Waals surface area contributed by atoms with Crippen LogP contribution in [0.15, 0.2) is 0 Å². The molecule has 1 heterocycles.